The molecule has 0 fully saturated rings. The number of rotatable bonds is 6. The Balaban J connectivity index is 1.66. The first-order chi connectivity index (χ1) is 14.0. The number of anilines is 2. The highest BCUT2D eigenvalue weighted by molar-refractivity contribution is 5.92. The third-order valence-corrected chi connectivity index (χ3v) is 4.18. The summed E-state index contributed by atoms with van der Waals surface area (Å²) in [6, 6.07) is 13.5. The van der Waals surface area contributed by atoms with Gasteiger partial charge in [-0.2, -0.15) is 5.10 Å². The summed E-state index contributed by atoms with van der Waals surface area (Å²) in [5.41, 5.74) is 1.48. The van der Waals surface area contributed by atoms with E-state index in [2.05, 4.69) is 27.6 Å². The van der Waals surface area contributed by atoms with E-state index >= 15 is 0 Å². The van der Waals surface area contributed by atoms with E-state index in [1.165, 1.54) is 0 Å². The van der Waals surface area contributed by atoms with Crippen LogP contribution in [0.25, 0.3) is 10.8 Å². The lowest BCUT2D eigenvalue weighted by Crippen LogP contribution is -2.30. The van der Waals surface area contributed by atoms with Gasteiger partial charge in [-0.25, -0.2) is 9.48 Å². The number of amides is 3. The molecule has 0 unspecified atom stereocenters. The maximum absolute atomic E-state index is 12.6. The Bertz CT molecular complexity index is 1120. The summed E-state index contributed by atoms with van der Waals surface area (Å²) in [6.07, 6.45) is 1.58. The number of aromatic nitrogens is 2. The predicted molar refractivity (Wildman–Crippen MR) is 113 cm³/mol. The second kappa shape index (κ2) is 8.83. The molecule has 0 aliphatic heterocycles. The van der Waals surface area contributed by atoms with Crippen molar-refractivity contribution in [3.8, 4) is 0 Å². The molecule has 1 heterocycles. The van der Waals surface area contributed by atoms with Gasteiger partial charge in [-0.3, -0.25) is 9.59 Å². The van der Waals surface area contributed by atoms with Gasteiger partial charge >= 0.3 is 6.03 Å². The van der Waals surface area contributed by atoms with Crippen molar-refractivity contribution in [2.75, 3.05) is 17.2 Å². The minimum atomic E-state index is -0.376. The number of nitrogens with zero attached hydrogens (tertiary/aromatic N) is 2. The minimum Gasteiger partial charge on any atom is -0.334 e. The Morgan fingerprint density at radius 1 is 1.03 bits per heavy atom. The van der Waals surface area contributed by atoms with E-state index in [9.17, 15) is 14.4 Å². The molecule has 0 bridgehead atoms. The summed E-state index contributed by atoms with van der Waals surface area (Å²) in [6.45, 7) is 5.49. The molecule has 29 heavy (non-hydrogen) atoms. The Morgan fingerprint density at radius 2 is 1.66 bits per heavy atom. The van der Waals surface area contributed by atoms with Crippen LogP contribution in [0.2, 0.25) is 0 Å². The van der Waals surface area contributed by atoms with E-state index < -0.39 is 0 Å². The van der Waals surface area contributed by atoms with Crippen LogP contribution >= 0.6 is 0 Å². The molecule has 0 spiro atoms. The Kier molecular flexibility index (Phi) is 6.03. The van der Waals surface area contributed by atoms with Crippen LogP contribution in [0.15, 0.2) is 66.0 Å². The highest BCUT2D eigenvalue weighted by Gasteiger charge is 2.11. The standard InChI is InChI=1S/C21H21N5O3/c1-3-12-22-21(29)24-16-10-8-15(9-11-16)23-19(27)13-26-20(28)18-7-5-4-6-17(18)14(2)25-26/h3-11H,1,12-13H2,2H3,(H,23,27)(H2,22,24,29). The number of benzene rings is 2. The summed E-state index contributed by atoms with van der Waals surface area (Å²) in [7, 11) is 0. The van der Waals surface area contributed by atoms with Crippen LogP contribution in [0.4, 0.5) is 16.2 Å². The average Bonchev–Trinajstić information content (AvgIpc) is 2.72. The summed E-state index contributed by atoms with van der Waals surface area (Å²) in [5.74, 6) is -0.376. The first-order valence-electron chi connectivity index (χ1n) is 9.00. The molecular formula is C21H21N5O3. The van der Waals surface area contributed by atoms with Gasteiger partial charge in [0.2, 0.25) is 5.91 Å². The maximum atomic E-state index is 12.6. The fraction of sp³-hybridized carbons (Fsp3) is 0.143. The van der Waals surface area contributed by atoms with E-state index in [1.54, 1.807) is 49.4 Å². The molecule has 8 heteroatoms. The summed E-state index contributed by atoms with van der Waals surface area (Å²) in [4.78, 5) is 36.5. The van der Waals surface area contributed by atoms with Gasteiger partial charge in [-0.05, 0) is 37.3 Å². The van der Waals surface area contributed by atoms with Gasteiger partial charge in [0.05, 0.1) is 11.1 Å². The molecule has 0 aliphatic carbocycles. The van der Waals surface area contributed by atoms with Crippen LogP contribution in [0.5, 0.6) is 0 Å². The van der Waals surface area contributed by atoms with Crippen molar-refractivity contribution in [1.29, 1.82) is 0 Å². The maximum Gasteiger partial charge on any atom is 0.319 e. The third kappa shape index (κ3) is 4.86. The monoisotopic (exact) mass is 391 g/mol. The Morgan fingerprint density at radius 3 is 2.31 bits per heavy atom. The van der Waals surface area contributed by atoms with Crippen LogP contribution in [-0.4, -0.2) is 28.3 Å². The minimum absolute atomic E-state index is 0.200. The van der Waals surface area contributed by atoms with Gasteiger partial charge in [0.1, 0.15) is 6.54 Å². The lowest BCUT2D eigenvalue weighted by Gasteiger charge is -2.10. The van der Waals surface area contributed by atoms with Crippen LogP contribution in [0, 0.1) is 6.92 Å². The molecule has 1 aromatic heterocycles. The number of carbonyl (C=O) groups excluding carboxylic acids is 2. The van der Waals surface area contributed by atoms with E-state index in [1.807, 2.05) is 12.1 Å². The van der Waals surface area contributed by atoms with Crippen molar-refractivity contribution in [3.05, 3.63) is 77.2 Å². The molecule has 0 atom stereocenters. The third-order valence-electron chi connectivity index (χ3n) is 4.18. The molecule has 0 aliphatic rings. The topological polar surface area (TPSA) is 105 Å². The van der Waals surface area contributed by atoms with Crippen molar-refractivity contribution in [1.82, 2.24) is 15.1 Å². The fourth-order valence-electron chi connectivity index (χ4n) is 2.83. The van der Waals surface area contributed by atoms with Gasteiger partial charge in [0.15, 0.2) is 0 Å². The molecule has 3 amide bonds. The summed E-state index contributed by atoms with van der Waals surface area (Å²) in [5, 5.41) is 13.5. The molecule has 8 nitrogen and oxygen atoms in total. The first-order valence-corrected chi connectivity index (χ1v) is 9.00. The zero-order valence-corrected chi connectivity index (χ0v) is 15.9. The highest BCUT2D eigenvalue weighted by atomic mass is 16.2. The molecule has 2 aromatic carbocycles. The lowest BCUT2D eigenvalue weighted by molar-refractivity contribution is -0.117. The smallest absolute Gasteiger partial charge is 0.319 e. The molecule has 3 N–H and O–H groups in total. The molecule has 0 saturated carbocycles. The summed E-state index contributed by atoms with van der Waals surface area (Å²) < 4.78 is 1.16. The van der Waals surface area contributed by atoms with Crippen LogP contribution < -0.4 is 21.5 Å². The van der Waals surface area contributed by atoms with Crippen molar-refractivity contribution >= 4 is 34.1 Å². The normalized spacial score (nSPS) is 10.4. The summed E-state index contributed by atoms with van der Waals surface area (Å²) >= 11 is 0. The number of aryl methyl sites for hydroxylation is 1. The quantitative estimate of drug-likeness (QED) is 0.562. The molecule has 148 valence electrons. The number of nitrogens with one attached hydrogen (secondary N) is 3. The van der Waals surface area contributed by atoms with Crippen molar-refractivity contribution in [3.63, 3.8) is 0 Å². The predicted octanol–water partition coefficient (Wildman–Crippen LogP) is 2.65. The average molecular weight is 391 g/mol. The SMILES string of the molecule is C=CCNC(=O)Nc1ccc(NC(=O)Cn2nc(C)c3ccccc3c2=O)cc1. The number of hydrogen-bond donors (Lipinski definition) is 3. The van der Waals surface area contributed by atoms with Crippen LogP contribution in [0.1, 0.15) is 5.69 Å². The second-order valence-electron chi connectivity index (χ2n) is 6.34. The zero-order chi connectivity index (χ0) is 20.8. The van der Waals surface area contributed by atoms with E-state index in [0.717, 1.165) is 10.1 Å². The Labute approximate surface area is 167 Å². The van der Waals surface area contributed by atoms with Crippen LogP contribution in [-0.2, 0) is 11.3 Å². The van der Waals surface area contributed by atoms with Gasteiger partial charge in [-0.15, -0.1) is 6.58 Å². The number of fused-ring (bicyclic) bond motifs is 1. The van der Waals surface area contributed by atoms with E-state index in [4.69, 9.17) is 0 Å². The highest BCUT2D eigenvalue weighted by Crippen LogP contribution is 2.14. The number of urea groups is 1. The van der Waals surface area contributed by atoms with Crippen molar-refractivity contribution in [2.45, 2.75) is 13.5 Å². The van der Waals surface area contributed by atoms with E-state index in [-0.39, 0.29) is 24.0 Å². The molecule has 0 saturated heterocycles. The molecule has 3 aromatic rings. The van der Waals surface area contributed by atoms with Crippen molar-refractivity contribution in [2.24, 2.45) is 0 Å². The number of carbonyl (C=O) groups is 2. The van der Waals surface area contributed by atoms with E-state index in [0.29, 0.717) is 29.0 Å². The number of hydrogen-bond acceptors (Lipinski definition) is 4. The zero-order valence-electron chi connectivity index (χ0n) is 15.9. The largest absolute Gasteiger partial charge is 0.334 e. The molecule has 0 radical (unpaired) electrons. The second-order valence-corrected chi connectivity index (χ2v) is 6.34. The van der Waals surface area contributed by atoms with Gasteiger partial charge in [-0.1, -0.05) is 24.3 Å². The van der Waals surface area contributed by atoms with Gasteiger partial charge in [0.25, 0.3) is 5.56 Å². The molecule has 3 rings (SSSR count). The van der Waals surface area contributed by atoms with Crippen molar-refractivity contribution < 1.29 is 9.59 Å². The molecular weight excluding hydrogens is 370 g/mol. The fourth-order valence-corrected chi connectivity index (χ4v) is 2.83. The van der Waals surface area contributed by atoms with Crippen LogP contribution in [0.3, 0.4) is 0 Å². The van der Waals surface area contributed by atoms with Gasteiger partial charge < -0.3 is 16.0 Å². The van der Waals surface area contributed by atoms with Gasteiger partial charge in [0, 0.05) is 23.3 Å². The lowest BCUT2D eigenvalue weighted by atomic mass is 10.1. The first kappa shape index (κ1) is 19.8. The Hall–Kier alpha value is -3.94.